The zero-order chi connectivity index (χ0) is 27.9. The Morgan fingerprint density at radius 2 is 1.77 bits per heavy atom. The third-order valence-corrected chi connectivity index (χ3v) is 9.55. The molecule has 5 fully saturated rings. The summed E-state index contributed by atoms with van der Waals surface area (Å²) in [6.45, 7) is 6.69. The third-order valence-electron chi connectivity index (χ3n) is 9.55. The number of nitrogens with two attached hydrogens (primary N) is 1. The molecule has 0 aromatic carbocycles. The van der Waals surface area contributed by atoms with Gasteiger partial charge in [0.05, 0.1) is 37.7 Å². The molecule has 1 amide bonds. The van der Waals surface area contributed by atoms with Gasteiger partial charge in [-0.2, -0.15) is 0 Å². The van der Waals surface area contributed by atoms with Crippen molar-refractivity contribution < 1.29 is 23.8 Å². The van der Waals surface area contributed by atoms with Crippen LogP contribution in [0.2, 0.25) is 0 Å². The van der Waals surface area contributed by atoms with E-state index in [1.165, 1.54) is 38.5 Å². The van der Waals surface area contributed by atoms with Crippen LogP contribution in [0, 0.1) is 23.2 Å². The quantitative estimate of drug-likeness (QED) is 0.473. The Morgan fingerprint density at radius 3 is 2.42 bits per heavy atom. The minimum absolute atomic E-state index is 0.0520. The van der Waals surface area contributed by atoms with Gasteiger partial charge in [-0.3, -0.25) is 9.20 Å². The first-order valence-corrected chi connectivity index (χ1v) is 14.9. The molecule has 2 aromatic rings. The minimum Gasteiger partial charge on any atom is -0.443 e. The highest BCUT2D eigenvalue weighted by molar-refractivity contribution is 5.87. The largest absolute Gasteiger partial charge is 0.443 e. The van der Waals surface area contributed by atoms with Crippen molar-refractivity contribution in [3.8, 4) is 0 Å². The Hall–Kier alpha value is -2.56. The first-order chi connectivity index (χ1) is 19.2. The Labute approximate surface area is 235 Å². The van der Waals surface area contributed by atoms with E-state index in [0.29, 0.717) is 44.4 Å². The van der Waals surface area contributed by atoms with Gasteiger partial charge in [0.1, 0.15) is 12.4 Å². The molecule has 0 unspecified atom stereocenters. The maximum Gasteiger partial charge on any atom is 0.410 e. The lowest BCUT2D eigenvalue weighted by Gasteiger charge is -2.56. The molecule has 5 aliphatic rings. The molecule has 0 spiro atoms. The number of ketones is 1. The summed E-state index contributed by atoms with van der Waals surface area (Å²) in [7, 11) is 0. The second-order valence-electron chi connectivity index (χ2n) is 13.4. The maximum atomic E-state index is 13.1. The number of amides is 1. The molecule has 7 rings (SSSR count). The Balaban J connectivity index is 1.20. The molecule has 40 heavy (non-hydrogen) atoms. The normalized spacial score (nSPS) is 28.7. The summed E-state index contributed by atoms with van der Waals surface area (Å²) >= 11 is 0. The SMILES string of the molecule is CC(C)(N)C(=O)C[C@@H](COCC12CC3CC(CC(C3)C1)C2)c1nnc2cccc(COC(=O)N3CCOCC3)n12. The fourth-order valence-electron chi connectivity index (χ4n) is 7.98. The zero-order valence-corrected chi connectivity index (χ0v) is 23.8. The van der Waals surface area contributed by atoms with Gasteiger partial charge in [0.25, 0.3) is 0 Å². The number of pyridine rings is 1. The van der Waals surface area contributed by atoms with Crippen LogP contribution in [-0.2, 0) is 25.6 Å². The van der Waals surface area contributed by atoms with Crippen LogP contribution in [0.4, 0.5) is 4.79 Å². The smallest absolute Gasteiger partial charge is 0.410 e. The Kier molecular flexibility index (Phi) is 7.61. The second-order valence-corrected chi connectivity index (χ2v) is 13.4. The summed E-state index contributed by atoms with van der Waals surface area (Å²) < 4.78 is 19.4. The number of rotatable bonds is 10. The summed E-state index contributed by atoms with van der Waals surface area (Å²) in [6, 6.07) is 5.64. The molecule has 1 atom stereocenters. The first-order valence-electron chi connectivity index (χ1n) is 14.9. The molecule has 1 saturated heterocycles. The molecule has 2 aromatic heterocycles. The number of hydrogen-bond acceptors (Lipinski definition) is 8. The Morgan fingerprint density at radius 1 is 1.10 bits per heavy atom. The van der Waals surface area contributed by atoms with Crippen molar-refractivity contribution >= 4 is 17.5 Å². The fourth-order valence-corrected chi connectivity index (χ4v) is 7.98. The average molecular weight is 554 g/mol. The molecule has 218 valence electrons. The third kappa shape index (κ3) is 5.76. The molecule has 4 saturated carbocycles. The van der Waals surface area contributed by atoms with E-state index in [-0.39, 0.29) is 36.2 Å². The molecule has 3 heterocycles. The van der Waals surface area contributed by atoms with E-state index in [4.69, 9.17) is 19.9 Å². The number of aromatic nitrogens is 3. The highest BCUT2D eigenvalue weighted by Gasteiger charge is 2.51. The molecule has 4 aliphatic carbocycles. The average Bonchev–Trinajstić information content (AvgIpc) is 3.35. The number of Topliss-reactive ketones (excluding diaryl/α,β-unsaturated/α-hetero) is 1. The summed E-state index contributed by atoms with van der Waals surface area (Å²) in [4.78, 5) is 27.4. The van der Waals surface area contributed by atoms with Crippen LogP contribution in [0.25, 0.3) is 5.65 Å². The van der Waals surface area contributed by atoms with Crippen LogP contribution >= 0.6 is 0 Å². The van der Waals surface area contributed by atoms with Crippen LogP contribution in [0.1, 0.15) is 76.2 Å². The zero-order valence-electron chi connectivity index (χ0n) is 23.8. The fraction of sp³-hybridized carbons (Fsp3) is 0.733. The highest BCUT2D eigenvalue weighted by atomic mass is 16.6. The second kappa shape index (κ2) is 11.0. The maximum absolute atomic E-state index is 13.1. The van der Waals surface area contributed by atoms with E-state index < -0.39 is 5.54 Å². The van der Waals surface area contributed by atoms with Gasteiger partial charge in [-0.05, 0) is 87.7 Å². The van der Waals surface area contributed by atoms with Crippen LogP contribution in [0.5, 0.6) is 0 Å². The topological polar surface area (TPSA) is 121 Å². The summed E-state index contributed by atoms with van der Waals surface area (Å²) in [5, 5.41) is 8.92. The van der Waals surface area contributed by atoms with Crippen LogP contribution in [0.3, 0.4) is 0 Å². The number of fused-ring (bicyclic) bond motifs is 1. The van der Waals surface area contributed by atoms with E-state index in [2.05, 4.69) is 10.2 Å². The van der Waals surface area contributed by atoms with Gasteiger partial charge in [0.15, 0.2) is 11.4 Å². The first kappa shape index (κ1) is 27.6. The lowest BCUT2D eigenvalue weighted by atomic mass is 9.50. The van der Waals surface area contributed by atoms with Crippen molar-refractivity contribution in [3.63, 3.8) is 0 Å². The predicted octanol–water partition coefficient (Wildman–Crippen LogP) is 3.71. The van der Waals surface area contributed by atoms with E-state index in [0.717, 1.165) is 30.1 Å². The van der Waals surface area contributed by atoms with Gasteiger partial charge in [-0.1, -0.05) is 6.07 Å². The monoisotopic (exact) mass is 553 g/mol. The lowest BCUT2D eigenvalue weighted by Crippen LogP contribution is -2.48. The van der Waals surface area contributed by atoms with Crippen molar-refractivity contribution in [1.29, 1.82) is 0 Å². The number of hydrogen-bond donors (Lipinski definition) is 1. The predicted molar refractivity (Wildman–Crippen MR) is 148 cm³/mol. The summed E-state index contributed by atoms with van der Waals surface area (Å²) in [6.07, 6.45) is 7.82. The molecule has 2 N–H and O–H groups in total. The van der Waals surface area contributed by atoms with Crippen LogP contribution in [0.15, 0.2) is 18.2 Å². The Bertz CT molecular complexity index is 1200. The summed E-state index contributed by atoms with van der Waals surface area (Å²) in [5.41, 5.74) is 6.90. The van der Waals surface area contributed by atoms with Crippen molar-refractivity contribution in [3.05, 3.63) is 29.7 Å². The van der Waals surface area contributed by atoms with Crippen molar-refractivity contribution in [1.82, 2.24) is 19.5 Å². The number of morpholine rings is 1. The number of nitrogens with zero attached hydrogens (tertiary/aromatic N) is 4. The summed E-state index contributed by atoms with van der Waals surface area (Å²) in [5.74, 6) is 2.82. The molecular formula is C30H43N5O5. The van der Waals surface area contributed by atoms with E-state index >= 15 is 0 Å². The molecule has 4 bridgehead atoms. The van der Waals surface area contributed by atoms with Gasteiger partial charge in [-0.25, -0.2) is 4.79 Å². The lowest BCUT2D eigenvalue weighted by molar-refractivity contribution is -0.124. The van der Waals surface area contributed by atoms with Crippen LogP contribution in [-0.4, -0.2) is 76.4 Å². The van der Waals surface area contributed by atoms with Crippen molar-refractivity contribution in [2.45, 2.75) is 76.9 Å². The van der Waals surface area contributed by atoms with Gasteiger partial charge in [0.2, 0.25) is 0 Å². The van der Waals surface area contributed by atoms with Crippen molar-refractivity contribution in [2.75, 3.05) is 39.5 Å². The standard InChI is InChI=1S/C30H43N5O5/c1-29(2,31)25(36)13-23(17-39-19-30-14-20-10-21(15-30)12-22(11-20)16-30)27-33-32-26-5-3-4-24(35(26)27)18-40-28(37)34-6-8-38-9-7-34/h3-5,20-23H,6-19,31H2,1-2H3/t20?,21?,22?,23-,30?/m0/s1. The molecule has 1 aliphatic heterocycles. The van der Waals surface area contributed by atoms with E-state index in [1.807, 2.05) is 22.6 Å². The van der Waals surface area contributed by atoms with Gasteiger partial charge < -0.3 is 24.8 Å². The molecular weight excluding hydrogens is 510 g/mol. The van der Waals surface area contributed by atoms with E-state index in [1.54, 1.807) is 18.7 Å². The molecule has 10 heteroatoms. The van der Waals surface area contributed by atoms with E-state index in [9.17, 15) is 9.59 Å². The molecule has 0 radical (unpaired) electrons. The van der Waals surface area contributed by atoms with Gasteiger partial charge in [-0.15, -0.1) is 10.2 Å². The number of ether oxygens (including phenoxy) is 3. The van der Waals surface area contributed by atoms with Gasteiger partial charge in [0, 0.05) is 25.4 Å². The van der Waals surface area contributed by atoms with Gasteiger partial charge >= 0.3 is 6.09 Å². The number of carbonyl (C=O) groups excluding carboxylic acids is 2. The minimum atomic E-state index is -0.963. The van der Waals surface area contributed by atoms with Crippen LogP contribution < -0.4 is 5.73 Å². The number of carbonyl (C=O) groups is 2. The van der Waals surface area contributed by atoms with Crippen molar-refractivity contribution in [2.24, 2.45) is 28.9 Å². The molecule has 10 nitrogen and oxygen atoms in total. The highest BCUT2D eigenvalue weighted by Crippen LogP contribution is 2.60.